The Hall–Kier alpha value is -2.18. The molecule has 0 bridgehead atoms. The van der Waals surface area contributed by atoms with Gasteiger partial charge in [-0.05, 0) is 96.9 Å². The fourth-order valence-electron chi connectivity index (χ4n) is 5.53. The molecule has 0 fully saturated rings. The lowest BCUT2D eigenvalue weighted by molar-refractivity contribution is -0.141. The molecule has 71 heavy (non-hydrogen) atoms. The fraction of sp³-hybridized carbons (Fsp3) is 0.885. The molecule has 19 nitrogen and oxygen atoms in total. The lowest BCUT2D eigenvalue weighted by Gasteiger charge is -2.23. The lowest BCUT2D eigenvalue weighted by Crippen LogP contribution is -2.31. The quantitative estimate of drug-likeness (QED) is 0.0384. The van der Waals surface area contributed by atoms with Gasteiger partial charge in [-0.1, -0.05) is 13.2 Å². The van der Waals surface area contributed by atoms with Crippen molar-refractivity contribution in [2.45, 2.75) is 182 Å². The molecule has 0 aliphatic rings. The molecule has 0 saturated heterocycles. The first-order chi connectivity index (χ1) is 33.7. The van der Waals surface area contributed by atoms with Crippen LogP contribution in [0.3, 0.4) is 0 Å². The van der Waals surface area contributed by atoms with Crippen LogP contribution in [-0.2, 0) is 90.1 Å². The minimum Gasteiger partial charge on any atom is -0.460 e. The average Bonchev–Trinajstić information content (AvgIpc) is 3.35. The van der Waals surface area contributed by atoms with E-state index in [0.29, 0.717) is 99.1 Å². The molecule has 0 aromatic rings. The third-order valence-electron chi connectivity index (χ3n) is 9.89. The molecule has 0 spiro atoms. The number of carbonyl (C=O) groups is 2. The maximum Gasteiger partial charge on any atom is 0.330 e. The van der Waals surface area contributed by atoms with Crippen LogP contribution in [0.25, 0.3) is 0 Å². The number of carbonyl (C=O) groups excluding carboxylic acids is 2. The molecule has 0 saturated carbocycles. The van der Waals surface area contributed by atoms with Gasteiger partial charge in [0.15, 0.2) is 0 Å². The summed E-state index contributed by atoms with van der Waals surface area (Å²) < 4.78 is 97.9. The zero-order valence-corrected chi connectivity index (χ0v) is 46.1. The molecule has 0 aliphatic carbocycles. The van der Waals surface area contributed by atoms with Gasteiger partial charge in [-0.25, -0.2) is 9.59 Å². The summed E-state index contributed by atoms with van der Waals surface area (Å²) in [5.74, 6) is -0.941. The van der Waals surface area contributed by atoms with Gasteiger partial charge < -0.3 is 80.5 Å². The Morgan fingerprint density at radius 2 is 0.437 bits per heavy atom. The molecule has 0 aliphatic heterocycles. The minimum atomic E-state index is -0.471. The van der Waals surface area contributed by atoms with Gasteiger partial charge in [0.05, 0.1) is 191 Å². The predicted molar refractivity (Wildman–Crippen MR) is 269 cm³/mol. The molecule has 0 rings (SSSR count). The monoisotopic (exact) mass is 1030 g/mol. The first-order valence-corrected chi connectivity index (χ1v) is 25.5. The molecular formula is C52H98O19. The average molecular weight is 1030 g/mol. The van der Waals surface area contributed by atoms with E-state index in [1.807, 2.05) is 96.9 Å². The summed E-state index contributed by atoms with van der Waals surface area (Å²) in [4.78, 5) is 22.1. The minimum absolute atomic E-state index is 0.117. The van der Waals surface area contributed by atoms with Gasteiger partial charge in [-0.15, -0.1) is 0 Å². The Kier molecular flexibility index (Phi) is 42.8. The Morgan fingerprint density at radius 3 is 0.634 bits per heavy atom. The smallest absolute Gasteiger partial charge is 0.330 e. The molecule has 420 valence electrons. The van der Waals surface area contributed by atoms with Crippen molar-refractivity contribution in [2.75, 3.05) is 119 Å². The van der Waals surface area contributed by atoms with Crippen LogP contribution >= 0.6 is 0 Å². The second-order valence-corrected chi connectivity index (χ2v) is 18.4. The van der Waals surface area contributed by atoms with Gasteiger partial charge >= 0.3 is 11.9 Å². The molecule has 0 amide bonds. The van der Waals surface area contributed by atoms with Crippen molar-refractivity contribution in [1.82, 2.24) is 0 Å². The van der Waals surface area contributed by atoms with Crippen LogP contribution in [-0.4, -0.2) is 216 Å². The van der Waals surface area contributed by atoms with Crippen LogP contribution in [0.5, 0.6) is 0 Å². The maximum atomic E-state index is 11.1. The topological polar surface area (TPSA) is 191 Å². The summed E-state index contributed by atoms with van der Waals surface area (Å²) in [5, 5.41) is 0. The molecule has 0 aromatic heterocycles. The van der Waals surface area contributed by atoms with Crippen LogP contribution in [0, 0.1) is 0 Å². The Morgan fingerprint density at radius 1 is 0.268 bits per heavy atom. The normalized spacial score (nSPS) is 17.9. The van der Waals surface area contributed by atoms with E-state index >= 15 is 0 Å². The first-order valence-electron chi connectivity index (χ1n) is 25.5. The molecule has 19 heteroatoms. The van der Waals surface area contributed by atoms with Gasteiger partial charge in [0.2, 0.25) is 0 Å². The predicted octanol–water partition coefficient (Wildman–Crippen LogP) is 6.13. The third kappa shape index (κ3) is 43.9. The molecule has 0 aromatic carbocycles. The van der Waals surface area contributed by atoms with Crippen LogP contribution in [0.1, 0.15) is 96.9 Å². The highest BCUT2D eigenvalue weighted by atomic mass is 16.6. The number of hydrogen-bond donors (Lipinski definition) is 0. The van der Waals surface area contributed by atoms with Crippen LogP contribution in [0.4, 0.5) is 0 Å². The highest BCUT2D eigenvalue weighted by molar-refractivity contribution is 5.81. The van der Waals surface area contributed by atoms with E-state index in [0.717, 1.165) is 12.2 Å². The zero-order valence-electron chi connectivity index (χ0n) is 46.1. The number of rotatable bonds is 50. The highest BCUT2D eigenvalue weighted by Crippen LogP contribution is 2.08. The second kappa shape index (κ2) is 44.1. The molecule has 0 heterocycles. The summed E-state index contributed by atoms with van der Waals surface area (Å²) in [7, 11) is 0. The number of hydrogen-bond acceptors (Lipinski definition) is 19. The third-order valence-corrected chi connectivity index (χ3v) is 9.89. The van der Waals surface area contributed by atoms with E-state index in [9.17, 15) is 9.59 Å². The molecule has 0 radical (unpaired) electrons. The van der Waals surface area contributed by atoms with E-state index in [2.05, 4.69) is 13.2 Å². The Labute approximate surface area is 427 Å². The van der Waals surface area contributed by atoms with E-state index in [1.54, 1.807) is 0 Å². The fourth-order valence-corrected chi connectivity index (χ4v) is 5.53. The highest BCUT2D eigenvalue weighted by Gasteiger charge is 2.18. The van der Waals surface area contributed by atoms with Gasteiger partial charge in [0.1, 0.15) is 13.2 Å². The summed E-state index contributed by atoms with van der Waals surface area (Å²) in [6.45, 7) is 40.9. The van der Waals surface area contributed by atoms with Crippen LogP contribution < -0.4 is 0 Å². The van der Waals surface area contributed by atoms with E-state index in [-0.39, 0.29) is 105 Å². The second-order valence-electron chi connectivity index (χ2n) is 18.4. The first kappa shape index (κ1) is 68.8. The van der Waals surface area contributed by atoms with Crippen molar-refractivity contribution in [3.05, 3.63) is 25.3 Å². The molecule has 14 unspecified atom stereocenters. The summed E-state index contributed by atoms with van der Waals surface area (Å²) >= 11 is 0. The maximum absolute atomic E-state index is 11.1. The number of ether oxygens (including phenoxy) is 17. The largest absolute Gasteiger partial charge is 0.460 e. The molecule has 14 atom stereocenters. The van der Waals surface area contributed by atoms with E-state index in [4.69, 9.17) is 80.5 Å². The van der Waals surface area contributed by atoms with Crippen molar-refractivity contribution in [3.63, 3.8) is 0 Å². The zero-order chi connectivity index (χ0) is 53.4. The SMILES string of the molecule is C=CC(=O)OCCOCC(C)OCC(C)OCC(C)OCC(C)OCC(C)OCC(C)OCC(C)OCC(C)OCC(C)OCC(C)OCC(C)OCC(C)OCC(C)OCC(C)OCCOC(=O)C=C. The van der Waals surface area contributed by atoms with Gasteiger partial charge in [0.25, 0.3) is 0 Å². The van der Waals surface area contributed by atoms with Crippen molar-refractivity contribution in [2.24, 2.45) is 0 Å². The summed E-state index contributed by atoms with van der Waals surface area (Å²) in [6.07, 6.45) is 0.531. The van der Waals surface area contributed by atoms with Crippen molar-refractivity contribution in [3.8, 4) is 0 Å². The number of esters is 2. The van der Waals surface area contributed by atoms with Crippen molar-refractivity contribution < 1.29 is 90.1 Å². The van der Waals surface area contributed by atoms with Crippen LogP contribution in [0.2, 0.25) is 0 Å². The van der Waals surface area contributed by atoms with Gasteiger partial charge in [0, 0.05) is 12.2 Å². The van der Waals surface area contributed by atoms with Crippen molar-refractivity contribution >= 4 is 11.9 Å². The van der Waals surface area contributed by atoms with Gasteiger partial charge in [-0.2, -0.15) is 0 Å². The van der Waals surface area contributed by atoms with Crippen molar-refractivity contribution in [1.29, 1.82) is 0 Å². The molecular weight excluding hydrogens is 929 g/mol. The Balaban J connectivity index is 3.98. The summed E-state index contributed by atoms with van der Waals surface area (Å²) in [6, 6.07) is 0. The van der Waals surface area contributed by atoms with Crippen LogP contribution in [0.15, 0.2) is 25.3 Å². The molecule has 0 N–H and O–H groups in total. The van der Waals surface area contributed by atoms with E-state index < -0.39 is 11.9 Å². The van der Waals surface area contributed by atoms with Gasteiger partial charge in [-0.3, -0.25) is 0 Å². The lowest BCUT2D eigenvalue weighted by atomic mass is 10.3. The van der Waals surface area contributed by atoms with E-state index in [1.165, 1.54) is 0 Å². The Bertz CT molecular complexity index is 1300. The summed E-state index contributed by atoms with van der Waals surface area (Å²) in [5.41, 5.74) is 0. The standard InChI is InChI=1S/C52H98O19/c1-17-51(53)57-20-19-55-23-37(3)59-25-39(5)61-27-41(7)63-29-43(9)65-31-45(11)67-33-47(13)69-35-49(15)71-36-50(16)70-34-48(14)68-32-46(12)66-30-44(10)64-28-42(8)62-26-40(6)60-24-38(4)56-21-22-58-52(54)18-2/h17-18,37-50H,1-2,19-36H2,3-16H3.